The molecule has 0 bridgehead atoms. The molecule has 1 fully saturated rings. The van der Waals surface area contributed by atoms with Gasteiger partial charge >= 0.3 is 6.09 Å². The number of ether oxygens (including phenoxy) is 1. The number of benzene rings is 1. The van der Waals surface area contributed by atoms with Crippen molar-refractivity contribution in [2.24, 2.45) is 0 Å². The van der Waals surface area contributed by atoms with Crippen LogP contribution in [0.4, 0.5) is 4.79 Å². The maximum atomic E-state index is 12.7. The average Bonchev–Trinajstić information content (AvgIpc) is 2.72. The minimum absolute atomic E-state index is 0.347. The minimum Gasteiger partial charge on any atom is -0.444 e. The first-order chi connectivity index (χ1) is 10.5. The maximum absolute atomic E-state index is 12.7. The van der Waals surface area contributed by atoms with E-state index < -0.39 is 17.8 Å². The van der Waals surface area contributed by atoms with Crippen LogP contribution in [0, 0.1) is 0 Å². The van der Waals surface area contributed by atoms with Gasteiger partial charge in [-0.25, -0.2) is 4.79 Å². The Morgan fingerprint density at radius 1 is 1.39 bits per heavy atom. The highest BCUT2D eigenvalue weighted by Gasteiger charge is 2.47. The number of rotatable bonds is 2. The van der Waals surface area contributed by atoms with Gasteiger partial charge in [0.05, 0.1) is 6.04 Å². The molecule has 2 rings (SSSR count). The molecule has 0 aromatic heterocycles. The molecule has 128 valence electrons. The number of hydrogen-bond acceptors (Lipinski definition) is 3. The van der Waals surface area contributed by atoms with E-state index in [0.717, 1.165) is 6.42 Å². The summed E-state index contributed by atoms with van der Waals surface area (Å²) in [5.74, 6) is 0. The summed E-state index contributed by atoms with van der Waals surface area (Å²) in [6.45, 7) is 9.51. The van der Waals surface area contributed by atoms with E-state index in [9.17, 15) is 9.90 Å². The zero-order chi connectivity index (χ0) is 17.4. The van der Waals surface area contributed by atoms with E-state index >= 15 is 0 Å². The van der Waals surface area contributed by atoms with E-state index in [4.69, 9.17) is 16.3 Å². The summed E-state index contributed by atoms with van der Waals surface area (Å²) in [7, 11) is 0. The fourth-order valence-corrected chi connectivity index (χ4v) is 3.36. The van der Waals surface area contributed by atoms with Crippen molar-refractivity contribution >= 4 is 17.7 Å². The van der Waals surface area contributed by atoms with Crippen molar-refractivity contribution in [2.45, 2.75) is 70.7 Å². The smallest absolute Gasteiger partial charge is 0.411 e. The van der Waals surface area contributed by atoms with Gasteiger partial charge in [0.25, 0.3) is 0 Å². The van der Waals surface area contributed by atoms with E-state index in [1.807, 2.05) is 46.8 Å². The van der Waals surface area contributed by atoms with Gasteiger partial charge in [0.2, 0.25) is 0 Å². The van der Waals surface area contributed by atoms with E-state index in [-0.39, 0.29) is 11.6 Å². The molecule has 2 atom stereocenters. The molecule has 1 N–H and O–H groups in total. The fraction of sp³-hybridized carbons (Fsp3) is 0.611. The molecule has 5 heteroatoms. The lowest BCUT2D eigenvalue weighted by Crippen LogP contribution is -2.50. The minimum atomic E-state index is -0.835. The summed E-state index contributed by atoms with van der Waals surface area (Å²) in [5.41, 5.74) is -0.296. The Hall–Kier alpha value is -1.26. The summed E-state index contributed by atoms with van der Waals surface area (Å²) in [6.07, 6.45) is 0.283. The molecule has 1 aromatic carbocycles. The van der Waals surface area contributed by atoms with Crippen LogP contribution in [0.3, 0.4) is 0 Å². The molecular formula is C18H26ClNO3. The lowest BCUT2D eigenvalue weighted by molar-refractivity contribution is -0.0166. The van der Waals surface area contributed by atoms with Crippen molar-refractivity contribution in [3.05, 3.63) is 34.9 Å². The van der Waals surface area contributed by atoms with Gasteiger partial charge in [-0.15, -0.1) is 0 Å². The fourth-order valence-electron chi connectivity index (χ4n) is 3.11. The first-order valence-corrected chi connectivity index (χ1v) is 8.35. The number of likely N-dealkylation sites (tertiary alicyclic amines) is 1. The molecule has 1 aromatic rings. The number of hydrogen-bond donors (Lipinski definition) is 1. The number of aliphatic hydroxyl groups excluding tert-OH is 1. The van der Waals surface area contributed by atoms with Crippen molar-refractivity contribution < 1.29 is 14.6 Å². The zero-order valence-electron chi connectivity index (χ0n) is 14.5. The van der Waals surface area contributed by atoms with Crippen LogP contribution in [-0.2, 0) is 4.74 Å². The van der Waals surface area contributed by atoms with Crippen LogP contribution < -0.4 is 0 Å². The second kappa shape index (κ2) is 6.33. The van der Waals surface area contributed by atoms with Crippen molar-refractivity contribution in [1.82, 2.24) is 4.90 Å². The van der Waals surface area contributed by atoms with Crippen LogP contribution in [0.1, 0.15) is 59.1 Å². The summed E-state index contributed by atoms with van der Waals surface area (Å²) in [4.78, 5) is 14.3. The van der Waals surface area contributed by atoms with Gasteiger partial charge < -0.3 is 9.84 Å². The molecule has 1 heterocycles. The van der Waals surface area contributed by atoms with Crippen LogP contribution >= 0.6 is 11.6 Å². The van der Waals surface area contributed by atoms with E-state index in [1.165, 1.54) is 0 Å². The van der Waals surface area contributed by atoms with Crippen molar-refractivity contribution in [2.75, 3.05) is 0 Å². The third kappa shape index (κ3) is 3.99. The predicted molar refractivity (Wildman–Crippen MR) is 91.6 cm³/mol. The summed E-state index contributed by atoms with van der Waals surface area (Å²) < 4.78 is 5.55. The van der Waals surface area contributed by atoms with Crippen LogP contribution in [0.25, 0.3) is 0 Å². The molecule has 1 aliphatic heterocycles. The Kier molecular flexibility index (Phi) is 4.97. The van der Waals surface area contributed by atoms with E-state index in [2.05, 4.69) is 0 Å². The molecule has 4 nitrogen and oxygen atoms in total. The maximum Gasteiger partial charge on any atom is 0.411 e. The molecule has 1 saturated heterocycles. The van der Waals surface area contributed by atoms with Gasteiger partial charge in [-0.3, -0.25) is 4.90 Å². The summed E-state index contributed by atoms with van der Waals surface area (Å²) in [5, 5.41) is 11.3. The second-order valence-corrected chi connectivity index (χ2v) is 8.14. The Bertz CT molecular complexity index is 580. The Morgan fingerprint density at radius 3 is 2.57 bits per heavy atom. The zero-order valence-corrected chi connectivity index (χ0v) is 15.2. The number of carbonyl (C=O) groups is 1. The largest absolute Gasteiger partial charge is 0.444 e. The topological polar surface area (TPSA) is 49.8 Å². The first-order valence-electron chi connectivity index (χ1n) is 7.98. The third-order valence-electron chi connectivity index (χ3n) is 4.21. The van der Waals surface area contributed by atoms with E-state index in [1.54, 1.807) is 17.0 Å². The quantitative estimate of drug-likeness (QED) is 0.859. The highest BCUT2D eigenvalue weighted by molar-refractivity contribution is 6.31. The predicted octanol–water partition coefficient (Wildman–Crippen LogP) is 4.55. The molecule has 0 aliphatic carbocycles. The monoisotopic (exact) mass is 339 g/mol. The normalized spacial score (nSPS) is 22.0. The van der Waals surface area contributed by atoms with Crippen LogP contribution in [0.5, 0.6) is 0 Å². The number of aliphatic hydroxyl groups is 1. The molecule has 1 aliphatic rings. The lowest BCUT2D eigenvalue weighted by Gasteiger charge is -2.38. The Labute approximate surface area is 143 Å². The first kappa shape index (κ1) is 18.1. The summed E-state index contributed by atoms with van der Waals surface area (Å²) in [6, 6.07) is 6.86. The molecule has 23 heavy (non-hydrogen) atoms. The van der Waals surface area contributed by atoms with Gasteiger partial charge in [0.1, 0.15) is 11.7 Å². The Morgan fingerprint density at radius 2 is 2.00 bits per heavy atom. The van der Waals surface area contributed by atoms with Crippen LogP contribution in [-0.4, -0.2) is 33.3 Å². The summed E-state index contributed by atoms with van der Waals surface area (Å²) >= 11 is 6.21. The van der Waals surface area contributed by atoms with Gasteiger partial charge in [-0.05, 0) is 53.5 Å². The van der Waals surface area contributed by atoms with Crippen molar-refractivity contribution in [3.8, 4) is 0 Å². The van der Waals surface area contributed by atoms with Gasteiger partial charge in [0, 0.05) is 16.1 Å². The Balaban J connectivity index is 2.30. The number of carbonyl (C=O) groups excluding carboxylic acids is 1. The van der Waals surface area contributed by atoms with E-state index in [0.29, 0.717) is 17.0 Å². The van der Waals surface area contributed by atoms with Crippen molar-refractivity contribution in [3.63, 3.8) is 0 Å². The number of amides is 1. The molecule has 0 spiro atoms. The van der Waals surface area contributed by atoms with Gasteiger partial charge in [0.15, 0.2) is 0 Å². The molecular weight excluding hydrogens is 314 g/mol. The van der Waals surface area contributed by atoms with Gasteiger partial charge in [-0.2, -0.15) is 0 Å². The average molecular weight is 340 g/mol. The van der Waals surface area contributed by atoms with Crippen LogP contribution in [0.2, 0.25) is 5.02 Å². The lowest BCUT2D eigenvalue weighted by atomic mass is 10.00. The molecule has 0 radical (unpaired) electrons. The van der Waals surface area contributed by atoms with Gasteiger partial charge in [-0.1, -0.05) is 29.8 Å². The molecule has 0 saturated carbocycles. The van der Waals surface area contributed by atoms with Crippen molar-refractivity contribution in [1.29, 1.82) is 0 Å². The highest BCUT2D eigenvalue weighted by atomic mass is 35.5. The molecule has 1 amide bonds. The number of nitrogens with zero attached hydrogens (tertiary/aromatic N) is 1. The third-order valence-corrected chi connectivity index (χ3v) is 4.56. The highest BCUT2D eigenvalue weighted by Crippen LogP contribution is 2.41. The molecule has 1 unspecified atom stereocenters. The SMILES string of the molecule is CC(C)(C)OC(=O)N1C([C@@H](O)c2ccccc2Cl)CCC1(C)C. The standard InChI is InChI=1S/C18H26ClNO3/c1-17(2,3)23-16(22)20-14(10-11-18(20,4)5)15(21)12-8-6-7-9-13(12)19/h6-9,14-15,21H,10-11H2,1-5H3/t14?,15-/m0/s1. The second-order valence-electron chi connectivity index (χ2n) is 7.74. The van der Waals surface area contributed by atoms with Crippen LogP contribution in [0.15, 0.2) is 24.3 Å². The number of halogens is 1.